The van der Waals surface area contributed by atoms with E-state index in [1.54, 1.807) is 0 Å². The van der Waals surface area contributed by atoms with Gasteiger partial charge in [0.25, 0.3) is 0 Å². The fourth-order valence-electron chi connectivity index (χ4n) is 8.34. The highest BCUT2D eigenvalue weighted by Crippen LogP contribution is 2.15. The molecule has 71 heavy (non-hydrogen) atoms. The minimum atomic E-state index is -0.796. The zero-order valence-electron chi connectivity index (χ0n) is 46.7. The number of allylic oxidation sites excluding steroid dienone is 14. The number of ether oxygens (including phenoxy) is 3. The first-order valence-electron chi connectivity index (χ1n) is 30.1. The van der Waals surface area contributed by atoms with Gasteiger partial charge in [0.15, 0.2) is 6.10 Å². The molecule has 0 aliphatic heterocycles. The first-order valence-corrected chi connectivity index (χ1v) is 30.1. The molecule has 0 spiro atoms. The molecule has 0 saturated heterocycles. The molecule has 6 heteroatoms. The minimum Gasteiger partial charge on any atom is -0.462 e. The van der Waals surface area contributed by atoms with Gasteiger partial charge in [-0.05, 0) is 116 Å². The molecule has 0 bridgehead atoms. The summed E-state index contributed by atoms with van der Waals surface area (Å²) >= 11 is 0. The molecule has 0 saturated carbocycles. The van der Waals surface area contributed by atoms with Gasteiger partial charge in [-0.2, -0.15) is 0 Å². The molecule has 0 aromatic heterocycles. The Bertz CT molecular complexity index is 1370. The van der Waals surface area contributed by atoms with E-state index in [0.717, 1.165) is 109 Å². The second-order valence-corrected chi connectivity index (χ2v) is 19.9. The van der Waals surface area contributed by atoms with E-state index in [1.807, 2.05) is 0 Å². The lowest BCUT2D eigenvalue weighted by Crippen LogP contribution is -2.30. The van der Waals surface area contributed by atoms with E-state index in [1.165, 1.54) is 141 Å². The minimum absolute atomic E-state index is 0.0909. The molecule has 0 heterocycles. The fraction of sp³-hybridized carbons (Fsp3) is 0.738. The van der Waals surface area contributed by atoms with Crippen molar-refractivity contribution in [3.8, 4) is 0 Å². The second-order valence-electron chi connectivity index (χ2n) is 19.9. The van der Waals surface area contributed by atoms with Crippen LogP contribution in [0, 0.1) is 0 Å². The van der Waals surface area contributed by atoms with Crippen molar-refractivity contribution in [3.05, 3.63) is 85.1 Å². The Morgan fingerprint density at radius 1 is 0.296 bits per heavy atom. The number of hydrogen-bond donors (Lipinski definition) is 0. The molecular formula is C65H112O6. The maximum atomic E-state index is 12.9. The van der Waals surface area contributed by atoms with Crippen LogP contribution in [0.4, 0.5) is 0 Å². The average Bonchev–Trinajstić information content (AvgIpc) is 3.37. The van der Waals surface area contributed by atoms with Crippen molar-refractivity contribution >= 4 is 17.9 Å². The summed E-state index contributed by atoms with van der Waals surface area (Å²) < 4.78 is 16.9. The summed E-state index contributed by atoms with van der Waals surface area (Å²) in [6.07, 6.45) is 77.2. The maximum Gasteiger partial charge on any atom is 0.306 e. The average molecular weight is 990 g/mol. The van der Waals surface area contributed by atoms with Crippen molar-refractivity contribution in [2.75, 3.05) is 13.2 Å². The molecule has 0 aromatic carbocycles. The molecule has 0 aliphatic carbocycles. The molecule has 0 N–H and O–H groups in total. The quantitative estimate of drug-likeness (QED) is 0.0261. The Hall–Kier alpha value is -3.41. The third-order valence-corrected chi connectivity index (χ3v) is 12.9. The van der Waals surface area contributed by atoms with E-state index < -0.39 is 6.10 Å². The Morgan fingerprint density at radius 3 is 0.887 bits per heavy atom. The topological polar surface area (TPSA) is 78.9 Å². The predicted octanol–water partition coefficient (Wildman–Crippen LogP) is 20.3. The number of carbonyl (C=O) groups is 3. The van der Waals surface area contributed by atoms with Gasteiger partial charge in [0.05, 0.1) is 0 Å². The van der Waals surface area contributed by atoms with Crippen LogP contribution in [0.15, 0.2) is 85.1 Å². The van der Waals surface area contributed by atoms with Gasteiger partial charge in [-0.3, -0.25) is 14.4 Å². The van der Waals surface area contributed by atoms with Crippen molar-refractivity contribution in [3.63, 3.8) is 0 Å². The van der Waals surface area contributed by atoms with Gasteiger partial charge in [-0.1, -0.05) is 241 Å². The van der Waals surface area contributed by atoms with Crippen LogP contribution < -0.4 is 0 Å². The lowest BCUT2D eigenvalue weighted by molar-refractivity contribution is -0.167. The molecule has 0 rings (SSSR count). The second kappa shape index (κ2) is 59.2. The molecule has 0 unspecified atom stereocenters. The van der Waals surface area contributed by atoms with Gasteiger partial charge in [0.1, 0.15) is 13.2 Å². The Morgan fingerprint density at radius 2 is 0.549 bits per heavy atom. The van der Waals surface area contributed by atoms with Crippen LogP contribution in [0.25, 0.3) is 0 Å². The number of carbonyl (C=O) groups excluding carboxylic acids is 3. The largest absolute Gasteiger partial charge is 0.462 e. The molecule has 0 aromatic rings. The third kappa shape index (κ3) is 57.4. The van der Waals surface area contributed by atoms with Crippen LogP contribution in [-0.2, 0) is 28.6 Å². The third-order valence-electron chi connectivity index (χ3n) is 12.9. The summed E-state index contributed by atoms with van der Waals surface area (Å²) in [6, 6.07) is 0. The van der Waals surface area contributed by atoms with Gasteiger partial charge in [-0.15, -0.1) is 0 Å². The zero-order valence-corrected chi connectivity index (χ0v) is 46.7. The van der Waals surface area contributed by atoms with E-state index in [4.69, 9.17) is 14.2 Å². The van der Waals surface area contributed by atoms with E-state index >= 15 is 0 Å². The van der Waals surface area contributed by atoms with E-state index in [0.29, 0.717) is 19.3 Å². The van der Waals surface area contributed by atoms with Crippen LogP contribution in [0.3, 0.4) is 0 Å². The Kier molecular flexibility index (Phi) is 56.3. The summed E-state index contributed by atoms with van der Waals surface area (Å²) in [4.78, 5) is 38.2. The summed E-state index contributed by atoms with van der Waals surface area (Å²) in [6.45, 7) is 6.50. The Labute approximate surface area is 439 Å². The summed E-state index contributed by atoms with van der Waals surface area (Å²) in [5, 5.41) is 0. The van der Waals surface area contributed by atoms with Crippen LogP contribution in [-0.4, -0.2) is 37.2 Å². The van der Waals surface area contributed by atoms with Crippen LogP contribution in [0.2, 0.25) is 0 Å². The van der Waals surface area contributed by atoms with Gasteiger partial charge < -0.3 is 14.2 Å². The molecule has 0 fully saturated rings. The molecule has 408 valence electrons. The highest BCUT2D eigenvalue weighted by Gasteiger charge is 2.19. The fourth-order valence-corrected chi connectivity index (χ4v) is 8.34. The number of esters is 3. The van der Waals surface area contributed by atoms with Crippen molar-refractivity contribution in [2.45, 2.75) is 297 Å². The van der Waals surface area contributed by atoms with Gasteiger partial charge >= 0.3 is 17.9 Å². The normalized spacial score (nSPS) is 12.7. The van der Waals surface area contributed by atoms with Crippen molar-refractivity contribution in [1.82, 2.24) is 0 Å². The molecule has 0 amide bonds. The van der Waals surface area contributed by atoms with Crippen molar-refractivity contribution in [2.24, 2.45) is 0 Å². The molecule has 1 atom stereocenters. The van der Waals surface area contributed by atoms with Crippen LogP contribution in [0.1, 0.15) is 290 Å². The van der Waals surface area contributed by atoms with Crippen LogP contribution in [0.5, 0.6) is 0 Å². The predicted molar refractivity (Wildman–Crippen MR) is 307 cm³/mol. The lowest BCUT2D eigenvalue weighted by Gasteiger charge is -2.18. The van der Waals surface area contributed by atoms with E-state index in [9.17, 15) is 14.4 Å². The van der Waals surface area contributed by atoms with Gasteiger partial charge in [0, 0.05) is 19.3 Å². The van der Waals surface area contributed by atoms with Crippen LogP contribution >= 0.6 is 0 Å². The molecule has 0 radical (unpaired) electrons. The number of hydrogen-bond acceptors (Lipinski definition) is 6. The zero-order chi connectivity index (χ0) is 51.4. The Balaban J connectivity index is 4.43. The highest BCUT2D eigenvalue weighted by atomic mass is 16.6. The van der Waals surface area contributed by atoms with Gasteiger partial charge in [-0.25, -0.2) is 0 Å². The molecule has 0 aliphatic rings. The summed E-state index contributed by atoms with van der Waals surface area (Å²) in [5.41, 5.74) is 0. The first kappa shape index (κ1) is 67.6. The maximum absolute atomic E-state index is 12.9. The van der Waals surface area contributed by atoms with Crippen molar-refractivity contribution < 1.29 is 28.6 Å². The molecule has 6 nitrogen and oxygen atoms in total. The van der Waals surface area contributed by atoms with Gasteiger partial charge in [0.2, 0.25) is 0 Å². The monoisotopic (exact) mass is 989 g/mol. The summed E-state index contributed by atoms with van der Waals surface area (Å²) in [7, 11) is 0. The van der Waals surface area contributed by atoms with E-state index in [-0.39, 0.29) is 31.1 Å². The summed E-state index contributed by atoms with van der Waals surface area (Å²) in [5.74, 6) is -0.927. The molecular weight excluding hydrogens is 877 g/mol. The smallest absolute Gasteiger partial charge is 0.306 e. The first-order chi connectivity index (χ1) is 35.0. The standard InChI is InChI=1S/C65H112O6/c1-4-7-10-13-16-19-22-25-28-30-32-34-37-39-42-45-48-51-54-57-63(66)69-60-62(71-65(68)59-56-53-50-47-44-41-36-27-24-21-18-15-12-9-6-3)61-70-64(67)58-55-52-49-46-43-40-38-35-33-31-29-26-23-20-17-14-11-8-5-2/h7,10,16,19,25-29,32,34,36,39,42,62H,4-6,8-9,11-15,17-18,20-24,30-31,33,35,37-38,40-41,43-61H2,1-3H3/b10-7-,19-16-,28-25-,29-26-,34-32-,36-27-,42-39-/t62-/m1/s1. The van der Waals surface area contributed by atoms with E-state index in [2.05, 4.69) is 106 Å². The van der Waals surface area contributed by atoms with Crippen molar-refractivity contribution in [1.29, 1.82) is 0 Å². The SMILES string of the molecule is CC/C=C\C/C=C\C/C=C\C/C=C\C/C=C\CCCCCC(=O)OC[C@H](COC(=O)CCCCCCCCCCC/C=C\CCCCCCCC)OC(=O)CCCCCCC/C=C\CCCCCCCC. The highest BCUT2D eigenvalue weighted by molar-refractivity contribution is 5.71. The number of rotatable bonds is 54. The lowest BCUT2D eigenvalue weighted by atomic mass is 10.1. The number of unbranched alkanes of at least 4 members (excludes halogenated alkanes) is 29.